The molecule has 0 spiro atoms. The van der Waals surface area contributed by atoms with E-state index >= 15 is 0 Å². The van der Waals surface area contributed by atoms with Crippen LogP contribution in [0.4, 0.5) is 0 Å². The van der Waals surface area contributed by atoms with Crippen LogP contribution in [0.3, 0.4) is 0 Å². The Morgan fingerprint density at radius 2 is 0.760 bits per heavy atom. The van der Waals surface area contributed by atoms with Gasteiger partial charge in [0, 0.05) is 13.0 Å². The summed E-state index contributed by atoms with van der Waals surface area (Å²) in [6.07, 6.45) is -4.35. The Morgan fingerprint density at radius 3 is 1.18 bits per heavy atom. The summed E-state index contributed by atoms with van der Waals surface area (Å²) in [5.41, 5.74) is 21.7. The highest BCUT2D eigenvalue weighted by atomic mass is 16.4. The number of nitrogens with zero attached hydrogens (tertiary/aromatic N) is 1. The van der Waals surface area contributed by atoms with Gasteiger partial charge in [-0.2, -0.15) is 0 Å². The molecule has 0 bridgehead atoms. The van der Waals surface area contributed by atoms with Crippen LogP contribution in [0.5, 0.6) is 0 Å². The summed E-state index contributed by atoms with van der Waals surface area (Å²) in [5, 5.41) is 86.6. The second kappa shape index (κ2) is 46.4. The van der Waals surface area contributed by atoms with Gasteiger partial charge in [0.25, 0.3) is 0 Å². The minimum absolute atomic E-state index is 0.000602. The average Bonchev–Trinajstić information content (AvgIpc) is 0.852. The SMILES string of the molecule is CC[C@H](C)[C@H](NC(=O)[C@H](CC(=O)O)NC(=O)[C@H](CCC(=O)O)NC(=O)[C@H](CC(=O)O)NC(=O)[C@@H](NC(=O)[C@H](CC(=O)O)NC(=O)[C@H](CO)NC(=O)[C@H](CCCN=C(N)N)NC(=O)[C@H](C)NC(=O)[C@H](CC(C)C)NC(=O)CN)C(C)C)C(=O)N[C@H](C(=O)N[C@@H](CCCCN)C(=O)O)[C@@H](C)CC. The van der Waals surface area contributed by atoms with Gasteiger partial charge in [-0.3, -0.25) is 81.7 Å². The molecule has 0 unspecified atom stereocenters. The number of aliphatic hydroxyl groups is 1. The first kappa shape index (κ1) is 90.1. The number of nitrogens with two attached hydrogens (primary N) is 4. The number of carbonyl (C=O) groups excluding carboxylic acids is 12. The Morgan fingerprint density at radius 1 is 0.390 bits per heavy atom. The van der Waals surface area contributed by atoms with E-state index in [2.05, 4.69) is 63.5 Å². The van der Waals surface area contributed by atoms with Crippen molar-refractivity contribution in [1.29, 1.82) is 0 Å². The summed E-state index contributed by atoms with van der Waals surface area (Å²) in [4.78, 5) is 228. The number of hydrogen-bond acceptors (Lipinski definition) is 21. The quantitative estimate of drug-likeness (QED) is 0.0153. The van der Waals surface area contributed by atoms with Crippen molar-refractivity contribution in [2.45, 2.75) is 218 Å². The highest BCUT2D eigenvalue weighted by Crippen LogP contribution is 2.16. The highest BCUT2D eigenvalue weighted by molar-refractivity contribution is 6.01. The molecule has 0 aliphatic carbocycles. The lowest BCUT2D eigenvalue weighted by molar-refractivity contribution is -0.143. The van der Waals surface area contributed by atoms with Crippen molar-refractivity contribution < 1.29 is 112 Å². The molecule has 26 N–H and O–H groups in total. The van der Waals surface area contributed by atoms with E-state index in [-0.39, 0.29) is 63.5 Å². The van der Waals surface area contributed by atoms with Gasteiger partial charge < -0.3 is 117 Å². The number of hydrogen-bond donors (Lipinski definition) is 22. The first-order chi connectivity index (χ1) is 46.7. The largest absolute Gasteiger partial charge is 0.481 e. The lowest BCUT2D eigenvalue weighted by Gasteiger charge is -2.30. The third kappa shape index (κ3) is 34.6. The molecular formula is C60H103N17O23. The fourth-order valence-electron chi connectivity index (χ4n) is 9.34. The zero-order chi connectivity index (χ0) is 76.8. The second-order valence-electron chi connectivity index (χ2n) is 24.6. The lowest BCUT2D eigenvalue weighted by Crippen LogP contribution is -2.62. The van der Waals surface area contributed by atoms with Crippen molar-refractivity contribution in [3.63, 3.8) is 0 Å². The van der Waals surface area contributed by atoms with Crippen LogP contribution in [0.2, 0.25) is 0 Å². The molecule has 12 amide bonds. The van der Waals surface area contributed by atoms with E-state index in [4.69, 9.17) is 22.9 Å². The third-order valence-corrected chi connectivity index (χ3v) is 15.4. The first-order valence-electron chi connectivity index (χ1n) is 32.5. The maximum Gasteiger partial charge on any atom is 0.326 e. The van der Waals surface area contributed by atoms with Crippen LogP contribution >= 0.6 is 0 Å². The molecule has 100 heavy (non-hydrogen) atoms. The monoisotopic (exact) mass is 1430 g/mol. The minimum Gasteiger partial charge on any atom is -0.481 e. The number of rotatable bonds is 50. The van der Waals surface area contributed by atoms with Gasteiger partial charge in [-0.15, -0.1) is 0 Å². The summed E-state index contributed by atoms with van der Waals surface area (Å²) in [7, 11) is 0. The van der Waals surface area contributed by atoms with Crippen molar-refractivity contribution in [3.8, 4) is 0 Å². The fourth-order valence-corrected chi connectivity index (χ4v) is 9.34. The molecule has 0 aliphatic rings. The van der Waals surface area contributed by atoms with E-state index in [1.165, 1.54) is 27.7 Å². The molecule has 0 aromatic heterocycles. The number of unbranched alkanes of at least 4 members (excludes halogenated alkanes) is 1. The predicted octanol–water partition coefficient (Wildman–Crippen LogP) is -6.87. The number of guanidine groups is 1. The molecule has 0 aromatic rings. The number of amides is 12. The predicted molar refractivity (Wildman–Crippen MR) is 352 cm³/mol. The maximum atomic E-state index is 14.1. The number of aliphatic hydroxyl groups excluding tert-OH is 1. The standard InChI is InChI=1S/C60H103N17O23/c1-10-29(7)46(57(97)70-34(59(99)100)15-12-13-19-61)77-58(98)47(30(8)11-2)76-54(94)38(24-44(86)87)71-50(90)33(17-18-41(80)81)69-52(92)36(22-42(82)83)73-56(96)45(28(5)6)75-53(93)37(23-43(84)85)72-55(95)39(26-78)74-49(89)32(16-14-20-65-60(63)64)68-48(88)31(9)66-51(91)35(21-27(3)4)67-40(79)25-62/h27-39,45-47,78H,10-26,61-62H2,1-9H3,(H,66,91)(H,67,79)(H,68,88)(H,69,92)(H,70,97)(H,71,90)(H,72,95)(H,73,96)(H,74,89)(H,75,93)(H,76,94)(H,77,98)(H,80,81)(H,82,83)(H,84,85)(H,86,87)(H,99,100)(H4,63,64,65)/t29-,30-,31-,32-,33-,34-,35-,36-,37-,38-,39-,45-,46-,47-/m0/s1. The van der Waals surface area contributed by atoms with Crippen molar-refractivity contribution in [3.05, 3.63) is 0 Å². The number of carbonyl (C=O) groups is 17. The number of aliphatic carboxylic acids is 5. The van der Waals surface area contributed by atoms with Gasteiger partial charge in [0.15, 0.2) is 5.96 Å². The molecule has 0 rings (SSSR count). The molecular weight excluding hydrogens is 1330 g/mol. The first-order valence-corrected chi connectivity index (χ1v) is 32.5. The average molecular weight is 1430 g/mol. The van der Waals surface area contributed by atoms with Crippen LogP contribution < -0.4 is 86.7 Å². The molecule has 0 fully saturated rings. The van der Waals surface area contributed by atoms with Gasteiger partial charge in [-0.25, -0.2) is 4.79 Å². The van der Waals surface area contributed by atoms with E-state index in [1.807, 2.05) is 5.32 Å². The number of carboxylic acids is 5. The van der Waals surface area contributed by atoms with E-state index in [1.54, 1.807) is 34.6 Å². The van der Waals surface area contributed by atoms with Crippen LogP contribution in [0.25, 0.3) is 0 Å². The highest BCUT2D eigenvalue weighted by Gasteiger charge is 2.40. The summed E-state index contributed by atoms with van der Waals surface area (Å²) in [6.45, 7) is 12.3. The fraction of sp³-hybridized carbons (Fsp3) is 0.700. The van der Waals surface area contributed by atoms with Gasteiger partial charge in [-0.05, 0) is 82.1 Å². The van der Waals surface area contributed by atoms with Crippen molar-refractivity contribution in [1.82, 2.24) is 63.8 Å². The molecule has 0 heterocycles. The Bertz CT molecular complexity index is 2880. The third-order valence-electron chi connectivity index (χ3n) is 15.4. The molecule has 0 aromatic carbocycles. The van der Waals surface area contributed by atoms with Crippen molar-refractivity contribution in [2.24, 2.45) is 51.6 Å². The molecule has 0 aliphatic heterocycles. The van der Waals surface area contributed by atoms with Gasteiger partial charge in [-0.1, -0.05) is 68.2 Å². The van der Waals surface area contributed by atoms with Crippen LogP contribution in [-0.4, -0.2) is 236 Å². The maximum absolute atomic E-state index is 14.1. The minimum atomic E-state index is -2.22. The zero-order valence-electron chi connectivity index (χ0n) is 57.6. The molecule has 0 saturated carbocycles. The number of nitrogens with one attached hydrogen (secondary N) is 12. The Labute approximate surface area is 577 Å². The Kier molecular flexibility index (Phi) is 41.8. The molecule has 0 radical (unpaired) electrons. The molecule has 40 nitrogen and oxygen atoms in total. The summed E-state index contributed by atoms with van der Waals surface area (Å²) in [6, 6.07) is -20.7. The number of aliphatic imine (C=N–C) groups is 1. The normalized spacial score (nSPS) is 15.3. The van der Waals surface area contributed by atoms with E-state index in [0.29, 0.717) is 12.8 Å². The topological polar surface area (TPSA) is 672 Å². The van der Waals surface area contributed by atoms with Crippen LogP contribution in [0.15, 0.2) is 4.99 Å². The van der Waals surface area contributed by atoms with Crippen molar-refractivity contribution in [2.75, 3.05) is 26.2 Å². The van der Waals surface area contributed by atoms with Crippen LogP contribution in [0.1, 0.15) is 146 Å². The van der Waals surface area contributed by atoms with E-state index < -0.39 is 236 Å². The second-order valence-corrected chi connectivity index (χ2v) is 24.6. The van der Waals surface area contributed by atoms with E-state index in [9.17, 15) is 112 Å². The van der Waals surface area contributed by atoms with Crippen LogP contribution in [-0.2, 0) is 81.5 Å². The van der Waals surface area contributed by atoms with Gasteiger partial charge in [0.05, 0.1) is 32.4 Å². The molecule has 566 valence electrons. The van der Waals surface area contributed by atoms with E-state index in [0.717, 1.165) is 0 Å². The summed E-state index contributed by atoms with van der Waals surface area (Å²) in [5.74, 6) is -24.9. The summed E-state index contributed by atoms with van der Waals surface area (Å²) >= 11 is 0. The Hall–Kier alpha value is -9.86. The smallest absolute Gasteiger partial charge is 0.326 e. The Balaban J connectivity index is 6.93. The zero-order valence-corrected chi connectivity index (χ0v) is 57.6. The molecule has 14 atom stereocenters. The molecule has 0 saturated heterocycles. The molecule has 40 heteroatoms. The lowest BCUT2D eigenvalue weighted by atomic mass is 9.94. The van der Waals surface area contributed by atoms with Crippen LogP contribution in [0, 0.1) is 23.7 Å². The van der Waals surface area contributed by atoms with Gasteiger partial charge >= 0.3 is 29.8 Å². The van der Waals surface area contributed by atoms with Crippen molar-refractivity contribution >= 4 is 107 Å². The number of carboxylic acid groups (broad SMARTS) is 5. The summed E-state index contributed by atoms with van der Waals surface area (Å²) < 4.78 is 0. The van der Waals surface area contributed by atoms with Gasteiger partial charge in [0.1, 0.15) is 72.5 Å². The van der Waals surface area contributed by atoms with Gasteiger partial charge in [0.2, 0.25) is 70.9 Å².